The highest BCUT2D eigenvalue weighted by Crippen LogP contribution is 2.54. The number of rotatable bonds is 4. The second-order valence-electron chi connectivity index (χ2n) is 11.3. The lowest BCUT2D eigenvalue weighted by atomic mass is 9.93. The molecule has 2 aliphatic carbocycles. The fraction of sp³-hybridized carbons (Fsp3) is 0.235. The summed E-state index contributed by atoms with van der Waals surface area (Å²) in [5, 5.41) is 2.64. The Morgan fingerprint density at radius 1 is 0.657 bits per heavy atom. The van der Waals surface area contributed by atoms with Crippen molar-refractivity contribution in [1.29, 1.82) is 0 Å². The third-order valence-corrected chi connectivity index (χ3v) is 12.9. The SMILES string of the molecule is CC1=Cc2c(-c3cccc4ccccc34)cccc2C1[Si](C)(C)C1C(C(C)C)=Cc2ccccc21. The van der Waals surface area contributed by atoms with E-state index >= 15 is 0 Å². The Kier molecular flexibility index (Phi) is 5.23. The van der Waals surface area contributed by atoms with E-state index in [9.17, 15) is 0 Å². The molecule has 0 aliphatic heterocycles. The van der Waals surface area contributed by atoms with E-state index in [1.807, 2.05) is 0 Å². The van der Waals surface area contributed by atoms with Gasteiger partial charge in [0.25, 0.3) is 0 Å². The molecule has 0 heterocycles. The lowest BCUT2D eigenvalue weighted by molar-refractivity contribution is 0.731. The Labute approximate surface area is 211 Å². The summed E-state index contributed by atoms with van der Waals surface area (Å²) < 4.78 is 0. The number of hydrogen-bond acceptors (Lipinski definition) is 0. The molecule has 0 saturated heterocycles. The Morgan fingerprint density at radius 2 is 1.31 bits per heavy atom. The molecular formula is C34H34Si. The zero-order valence-corrected chi connectivity index (χ0v) is 22.5. The molecule has 0 amide bonds. The maximum absolute atomic E-state index is 2.64. The average molecular weight is 471 g/mol. The van der Waals surface area contributed by atoms with E-state index in [1.165, 1.54) is 44.2 Å². The minimum atomic E-state index is -1.84. The first kappa shape index (κ1) is 22.3. The van der Waals surface area contributed by atoms with Gasteiger partial charge >= 0.3 is 0 Å². The van der Waals surface area contributed by atoms with Crippen molar-refractivity contribution in [3.8, 4) is 11.1 Å². The lowest BCUT2D eigenvalue weighted by Gasteiger charge is -2.40. The van der Waals surface area contributed by atoms with Crippen molar-refractivity contribution in [3.63, 3.8) is 0 Å². The maximum atomic E-state index is 2.64. The van der Waals surface area contributed by atoms with E-state index in [-0.39, 0.29) is 0 Å². The zero-order valence-electron chi connectivity index (χ0n) is 21.5. The predicted octanol–water partition coefficient (Wildman–Crippen LogP) is 9.63. The van der Waals surface area contributed by atoms with Gasteiger partial charge in [0.2, 0.25) is 0 Å². The van der Waals surface area contributed by atoms with Crippen molar-refractivity contribution in [3.05, 3.63) is 118 Å². The summed E-state index contributed by atoms with van der Waals surface area (Å²) in [5.41, 5.74) is 12.9. The van der Waals surface area contributed by atoms with Gasteiger partial charge in [-0.25, -0.2) is 0 Å². The topological polar surface area (TPSA) is 0 Å². The Balaban J connectivity index is 1.51. The molecule has 0 bridgehead atoms. The molecule has 0 radical (unpaired) electrons. The second-order valence-corrected chi connectivity index (χ2v) is 16.1. The molecule has 0 saturated carbocycles. The van der Waals surface area contributed by atoms with Crippen LogP contribution in [0.2, 0.25) is 13.1 Å². The van der Waals surface area contributed by atoms with E-state index in [0.29, 0.717) is 17.0 Å². The molecule has 2 aliphatic rings. The van der Waals surface area contributed by atoms with Crippen LogP contribution in [0.1, 0.15) is 54.1 Å². The highest BCUT2D eigenvalue weighted by Gasteiger charge is 2.48. The van der Waals surface area contributed by atoms with Crippen LogP contribution in [0.15, 0.2) is 96.1 Å². The van der Waals surface area contributed by atoms with E-state index in [4.69, 9.17) is 0 Å². The molecule has 2 atom stereocenters. The molecule has 174 valence electrons. The van der Waals surface area contributed by atoms with Crippen LogP contribution >= 0.6 is 0 Å². The van der Waals surface area contributed by atoms with Gasteiger partial charge in [-0.3, -0.25) is 0 Å². The van der Waals surface area contributed by atoms with Gasteiger partial charge in [0.15, 0.2) is 0 Å². The number of fused-ring (bicyclic) bond motifs is 3. The van der Waals surface area contributed by atoms with Crippen LogP contribution in [-0.4, -0.2) is 8.07 Å². The Bertz CT molecular complexity index is 1510. The van der Waals surface area contributed by atoms with Crippen molar-refractivity contribution in [2.45, 2.75) is 44.9 Å². The van der Waals surface area contributed by atoms with Crippen molar-refractivity contribution in [1.82, 2.24) is 0 Å². The van der Waals surface area contributed by atoms with Crippen molar-refractivity contribution in [2.24, 2.45) is 5.92 Å². The molecule has 0 fully saturated rings. The fourth-order valence-corrected chi connectivity index (χ4v) is 12.1. The summed E-state index contributed by atoms with van der Waals surface area (Å²) in [7, 11) is -1.84. The Hall–Kier alpha value is -3.16. The zero-order chi connectivity index (χ0) is 24.3. The summed E-state index contributed by atoms with van der Waals surface area (Å²) in [6.45, 7) is 12.4. The summed E-state index contributed by atoms with van der Waals surface area (Å²) in [5.74, 6) is 0.561. The quantitative estimate of drug-likeness (QED) is 0.260. The average Bonchev–Trinajstić information content (AvgIpc) is 3.42. The lowest BCUT2D eigenvalue weighted by Crippen LogP contribution is -2.43. The van der Waals surface area contributed by atoms with Gasteiger partial charge in [0.1, 0.15) is 0 Å². The number of hydrogen-bond donors (Lipinski definition) is 0. The van der Waals surface area contributed by atoms with Crippen molar-refractivity contribution < 1.29 is 0 Å². The molecule has 4 aromatic carbocycles. The molecule has 0 aromatic heterocycles. The van der Waals surface area contributed by atoms with Crippen LogP contribution in [0.4, 0.5) is 0 Å². The van der Waals surface area contributed by atoms with Gasteiger partial charge in [-0.2, -0.15) is 0 Å². The van der Waals surface area contributed by atoms with E-state index in [0.717, 1.165) is 0 Å². The van der Waals surface area contributed by atoms with Crippen molar-refractivity contribution in [2.75, 3.05) is 0 Å². The number of allylic oxidation sites excluding steroid dienone is 2. The van der Waals surface area contributed by atoms with Gasteiger partial charge < -0.3 is 0 Å². The van der Waals surface area contributed by atoms with Crippen LogP contribution < -0.4 is 0 Å². The highest BCUT2D eigenvalue weighted by molar-refractivity contribution is 6.81. The van der Waals surface area contributed by atoms with Gasteiger partial charge in [-0.05, 0) is 57.0 Å². The summed E-state index contributed by atoms with van der Waals surface area (Å²) in [6.07, 6.45) is 5.01. The maximum Gasteiger partial charge on any atom is 0.0722 e. The predicted molar refractivity (Wildman–Crippen MR) is 155 cm³/mol. The van der Waals surface area contributed by atoms with E-state index in [2.05, 4.69) is 131 Å². The molecule has 35 heavy (non-hydrogen) atoms. The summed E-state index contributed by atoms with van der Waals surface area (Å²) >= 11 is 0. The molecule has 1 heteroatoms. The first-order valence-corrected chi connectivity index (χ1v) is 16.1. The van der Waals surface area contributed by atoms with E-state index < -0.39 is 8.07 Å². The Morgan fingerprint density at radius 3 is 2.14 bits per heavy atom. The van der Waals surface area contributed by atoms with Crippen LogP contribution in [0, 0.1) is 5.92 Å². The van der Waals surface area contributed by atoms with Gasteiger partial charge in [-0.1, -0.05) is 135 Å². The van der Waals surface area contributed by atoms with Gasteiger partial charge in [0, 0.05) is 11.1 Å². The smallest absolute Gasteiger partial charge is 0.0679 e. The molecule has 0 N–H and O–H groups in total. The highest BCUT2D eigenvalue weighted by atomic mass is 28.3. The fourth-order valence-electron chi connectivity index (χ4n) is 7.08. The minimum absolute atomic E-state index is 0.519. The first-order chi connectivity index (χ1) is 16.9. The largest absolute Gasteiger partial charge is 0.0722 e. The monoisotopic (exact) mass is 470 g/mol. The van der Waals surface area contributed by atoms with E-state index in [1.54, 1.807) is 11.1 Å². The summed E-state index contributed by atoms with van der Waals surface area (Å²) in [6, 6.07) is 31.7. The first-order valence-electron chi connectivity index (χ1n) is 13.0. The minimum Gasteiger partial charge on any atom is -0.0679 e. The van der Waals surface area contributed by atoms with Gasteiger partial charge in [-0.15, -0.1) is 0 Å². The van der Waals surface area contributed by atoms with Crippen LogP contribution in [0.3, 0.4) is 0 Å². The third-order valence-electron chi connectivity index (χ3n) is 8.48. The molecule has 0 spiro atoms. The van der Waals surface area contributed by atoms with Crippen molar-refractivity contribution >= 4 is 31.0 Å². The van der Waals surface area contributed by atoms with Crippen LogP contribution in [0.5, 0.6) is 0 Å². The molecule has 2 unspecified atom stereocenters. The van der Waals surface area contributed by atoms with Gasteiger partial charge in [0.05, 0.1) is 8.07 Å². The standard InChI is InChI=1S/C34H34Si/c1-22(2)31-21-25-13-7-9-16-27(25)34(31)35(4,5)33-23(3)20-32-29(18-11-19-30(32)33)28-17-10-14-24-12-6-8-15-26(24)28/h6-22,33-34H,1-5H3. The third kappa shape index (κ3) is 3.40. The number of benzene rings is 4. The molecular weight excluding hydrogens is 436 g/mol. The second kappa shape index (κ2) is 8.21. The van der Waals surface area contributed by atoms with Crippen LogP contribution in [-0.2, 0) is 0 Å². The van der Waals surface area contributed by atoms with Crippen LogP contribution in [0.25, 0.3) is 34.1 Å². The molecule has 4 aromatic rings. The normalized spacial score (nSPS) is 19.0. The molecule has 0 nitrogen and oxygen atoms in total. The molecule has 6 rings (SSSR count). The summed E-state index contributed by atoms with van der Waals surface area (Å²) in [4.78, 5) is 0.